The Balaban J connectivity index is 1.88. The lowest BCUT2D eigenvalue weighted by Crippen LogP contribution is -2.47. The Kier molecular flexibility index (Phi) is 3.87. The van der Waals surface area contributed by atoms with Crippen molar-refractivity contribution in [1.29, 1.82) is 0 Å². The van der Waals surface area contributed by atoms with Crippen molar-refractivity contribution in [2.45, 2.75) is 37.8 Å². The van der Waals surface area contributed by atoms with Crippen LogP contribution in [-0.2, 0) is 4.74 Å². The second-order valence-electron chi connectivity index (χ2n) is 5.82. The summed E-state index contributed by atoms with van der Waals surface area (Å²) in [6.07, 6.45) is 2.68. The van der Waals surface area contributed by atoms with E-state index in [9.17, 15) is 0 Å². The van der Waals surface area contributed by atoms with Gasteiger partial charge in [0.1, 0.15) is 0 Å². The fraction of sp³-hybridized carbons (Fsp3) is 0.625. The second-order valence-corrected chi connectivity index (χ2v) is 5.82. The molecule has 3 rings (SSSR count). The number of rotatable bonds is 4. The van der Waals surface area contributed by atoms with Crippen molar-refractivity contribution < 1.29 is 4.74 Å². The van der Waals surface area contributed by atoms with Gasteiger partial charge in [0.25, 0.3) is 0 Å². The van der Waals surface area contributed by atoms with Crippen LogP contribution in [0.5, 0.6) is 0 Å². The van der Waals surface area contributed by atoms with E-state index in [1.165, 1.54) is 24.0 Å². The van der Waals surface area contributed by atoms with E-state index >= 15 is 0 Å². The molecule has 2 unspecified atom stereocenters. The van der Waals surface area contributed by atoms with Gasteiger partial charge in [-0.25, -0.2) is 0 Å². The van der Waals surface area contributed by atoms with Crippen molar-refractivity contribution in [3.63, 3.8) is 0 Å². The first-order valence-corrected chi connectivity index (χ1v) is 7.43. The highest BCUT2D eigenvalue weighted by Gasteiger charge is 2.32. The van der Waals surface area contributed by atoms with E-state index < -0.39 is 0 Å². The third-order valence-electron chi connectivity index (χ3n) is 4.41. The standard InChI is InChI=1S/C16H24N2O/c1-12-11-19-9-8-18(12)16(10-17)15-5-3-2-4-14(15)13-6-7-13/h2-5,12-13,16H,6-11,17H2,1H3. The zero-order valence-corrected chi connectivity index (χ0v) is 11.7. The number of ether oxygens (including phenoxy) is 1. The minimum Gasteiger partial charge on any atom is -0.379 e. The van der Waals surface area contributed by atoms with Crippen LogP contribution in [0.25, 0.3) is 0 Å². The predicted molar refractivity (Wildman–Crippen MR) is 77.2 cm³/mol. The molecule has 0 aromatic heterocycles. The van der Waals surface area contributed by atoms with Gasteiger partial charge in [-0.05, 0) is 36.8 Å². The number of nitrogens with zero attached hydrogens (tertiary/aromatic N) is 1. The minimum atomic E-state index is 0.343. The third kappa shape index (κ3) is 2.69. The van der Waals surface area contributed by atoms with E-state index in [0.717, 1.165) is 25.7 Å². The molecule has 19 heavy (non-hydrogen) atoms. The van der Waals surface area contributed by atoms with Gasteiger partial charge in [0.05, 0.1) is 13.2 Å². The third-order valence-corrected chi connectivity index (χ3v) is 4.41. The molecule has 2 atom stereocenters. The van der Waals surface area contributed by atoms with Gasteiger partial charge < -0.3 is 10.5 Å². The highest BCUT2D eigenvalue weighted by molar-refractivity contribution is 5.36. The predicted octanol–water partition coefficient (Wildman–Crippen LogP) is 2.28. The summed E-state index contributed by atoms with van der Waals surface area (Å²) in [5.74, 6) is 0.779. The van der Waals surface area contributed by atoms with Gasteiger partial charge in [-0.3, -0.25) is 4.90 Å². The Labute approximate surface area is 115 Å². The molecule has 0 bridgehead atoms. The van der Waals surface area contributed by atoms with Gasteiger partial charge in [0.15, 0.2) is 0 Å². The average molecular weight is 260 g/mol. The Morgan fingerprint density at radius 3 is 2.84 bits per heavy atom. The summed E-state index contributed by atoms with van der Waals surface area (Å²) < 4.78 is 5.55. The first-order valence-electron chi connectivity index (χ1n) is 7.43. The number of hydrogen-bond donors (Lipinski definition) is 1. The number of morpholine rings is 1. The van der Waals surface area contributed by atoms with Crippen LogP contribution in [0.2, 0.25) is 0 Å². The summed E-state index contributed by atoms with van der Waals surface area (Å²) in [5, 5.41) is 0. The fourth-order valence-corrected chi connectivity index (χ4v) is 3.22. The van der Waals surface area contributed by atoms with Gasteiger partial charge in [-0.15, -0.1) is 0 Å². The van der Waals surface area contributed by atoms with Crippen molar-refractivity contribution in [1.82, 2.24) is 4.90 Å². The topological polar surface area (TPSA) is 38.5 Å². The zero-order valence-electron chi connectivity index (χ0n) is 11.7. The summed E-state index contributed by atoms with van der Waals surface area (Å²) in [6, 6.07) is 9.67. The van der Waals surface area contributed by atoms with Crippen LogP contribution in [0, 0.1) is 0 Å². The lowest BCUT2D eigenvalue weighted by Gasteiger charge is -2.39. The van der Waals surface area contributed by atoms with E-state index in [0.29, 0.717) is 18.6 Å². The Morgan fingerprint density at radius 1 is 1.37 bits per heavy atom. The summed E-state index contributed by atoms with van der Waals surface area (Å²) in [6.45, 7) is 5.56. The molecule has 1 heterocycles. The van der Waals surface area contributed by atoms with Crippen LogP contribution < -0.4 is 5.73 Å². The van der Waals surface area contributed by atoms with Crippen LogP contribution in [0.3, 0.4) is 0 Å². The molecule has 3 heteroatoms. The van der Waals surface area contributed by atoms with E-state index in [2.05, 4.69) is 36.1 Å². The van der Waals surface area contributed by atoms with Crippen molar-refractivity contribution in [2.75, 3.05) is 26.3 Å². The summed E-state index contributed by atoms with van der Waals surface area (Å²) in [4.78, 5) is 2.52. The number of hydrogen-bond acceptors (Lipinski definition) is 3. The monoisotopic (exact) mass is 260 g/mol. The molecule has 1 saturated heterocycles. The van der Waals surface area contributed by atoms with Crippen molar-refractivity contribution >= 4 is 0 Å². The Hall–Kier alpha value is -0.900. The summed E-state index contributed by atoms with van der Waals surface area (Å²) >= 11 is 0. The maximum atomic E-state index is 6.10. The van der Waals surface area contributed by atoms with Gasteiger partial charge in [-0.1, -0.05) is 24.3 Å². The molecule has 2 fully saturated rings. The normalized spacial score (nSPS) is 26.3. The fourth-order valence-electron chi connectivity index (χ4n) is 3.22. The molecule has 3 nitrogen and oxygen atoms in total. The molecule has 2 N–H and O–H groups in total. The van der Waals surface area contributed by atoms with Crippen LogP contribution in [0.1, 0.15) is 42.9 Å². The second kappa shape index (κ2) is 5.61. The average Bonchev–Trinajstić information content (AvgIpc) is 3.27. The molecule has 0 spiro atoms. The lowest BCUT2D eigenvalue weighted by atomic mass is 9.95. The molecule has 1 aliphatic heterocycles. The Bertz CT molecular complexity index is 431. The maximum absolute atomic E-state index is 6.10. The summed E-state index contributed by atoms with van der Waals surface area (Å²) in [5.41, 5.74) is 9.08. The highest BCUT2D eigenvalue weighted by Crippen LogP contribution is 2.43. The van der Waals surface area contributed by atoms with E-state index in [4.69, 9.17) is 10.5 Å². The SMILES string of the molecule is CC1COCCN1C(CN)c1ccccc1C1CC1. The smallest absolute Gasteiger partial charge is 0.0620 e. The quantitative estimate of drug-likeness (QED) is 0.902. The lowest BCUT2D eigenvalue weighted by molar-refractivity contribution is -0.0211. The molecular weight excluding hydrogens is 236 g/mol. The first kappa shape index (κ1) is 13.1. The van der Waals surface area contributed by atoms with E-state index in [1.54, 1.807) is 0 Å². The number of nitrogens with two attached hydrogens (primary N) is 1. The molecule has 1 aromatic carbocycles. The van der Waals surface area contributed by atoms with Gasteiger partial charge >= 0.3 is 0 Å². The maximum Gasteiger partial charge on any atom is 0.0620 e. The minimum absolute atomic E-state index is 0.343. The van der Waals surface area contributed by atoms with Gasteiger partial charge in [0, 0.05) is 25.2 Å². The molecule has 2 aliphatic rings. The highest BCUT2D eigenvalue weighted by atomic mass is 16.5. The van der Waals surface area contributed by atoms with Gasteiger partial charge in [0.2, 0.25) is 0 Å². The molecule has 1 aromatic rings. The van der Waals surface area contributed by atoms with Crippen molar-refractivity contribution in [3.8, 4) is 0 Å². The largest absolute Gasteiger partial charge is 0.379 e. The zero-order chi connectivity index (χ0) is 13.2. The van der Waals surface area contributed by atoms with Crippen molar-refractivity contribution in [2.24, 2.45) is 5.73 Å². The first-order chi connectivity index (χ1) is 9.31. The van der Waals surface area contributed by atoms with Crippen LogP contribution in [0.15, 0.2) is 24.3 Å². The van der Waals surface area contributed by atoms with Crippen LogP contribution in [-0.4, -0.2) is 37.2 Å². The van der Waals surface area contributed by atoms with Gasteiger partial charge in [-0.2, -0.15) is 0 Å². The van der Waals surface area contributed by atoms with Crippen molar-refractivity contribution in [3.05, 3.63) is 35.4 Å². The van der Waals surface area contributed by atoms with Crippen LogP contribution in [0.4, 0.5) is 0 Å². The molecule has 1 saturated carbocycles. The molecular formula is C16H24N2O. The molecule has 0 radical (unpaired) electrons. The van der Waals surface area contributed by atoms with E-state index in [-0.39, 0.29) is 0 Å². The summed E-state index contributed by atoms with van der Waals surface area (Å²) in [7, 11) is 0. The Morgan fingerprint density at radius 2 is 2.16 bits per heavy atom. The molecule has 1 aliphatic carbocycles. The molecule has 0 amide bonds. The van der Waals surface area contributed by atoms with Crippen LogP contribution >= 0.6 is 0 Å². The molecule has 104 valence electrons. The van der Waals surface area contributed by atoms with E-state index in [1.807, 2.05) is 0 Å². The number of benzene rings is 1.